The molecule has 4 aromatic heterocycles. The van der Waals surface area contributed by atoms with Crippen molar-refractivity contribution in [2.45, 2.75) is 50.8 Å². The Hall–Kier alpha value is -3.28. The third kappa shape index (κ3) is 3.99. The summed E-state index contributed by atoms with van der Waals surface area (Å²) in [4.78, 5) is 17.2. The van der Waals surface area contributed by atoms with Gasteiger partial charge in [-0.15, -0.1) is 0 Å². The van der Waals surface area contributed by atoms with Crippen LogP contribution in [0.15, 0.2) is 36.9 Å². The van der Waals surface area contributed by atoms with Crippen LogP contribution < -0.4 is 0 Å². The van der Waals surface area contributed by atoms with Crippen LogP contribution in [0, 0.1) is 0 Å². The van der Waals surface area contributed by atoms with Crippen LogP contribution >= 0.6 is 0 Å². The molecule has 0 saturated heterocycles. The van der Waals surface area contributed by atoms with Gasteiger partial charge in [-0.1, -0.05) is 0 Å². The van der Waals surface area contributed by atoms with Gasteiger partial charge in [0, 0.05) is 24.4 Å². The Balaban J connectivity index is 1.44. The third-order valence-corrected chi connectivity index (χ3v) is 7.51. The highest BCUT2D eigenvalue weighted by atomic mass is 32.2. The minimum atomic E-state index is -3.47. The van der Waals surface area contributed by atoms with E-state index in [0.29, 0.717) is 53.1 Å². The normalized spacial score (nSPS) is 14.6. The second-order valence-corrected chi connectivity index (χ2v) is 10.4. The van der Waals surface area contributed by atoms with Crippen molar-refractivity contribution in [3.63, 3.8) is 0 Å². The Bertz CT molecular complexity index is 1440. The molecule has 0 radical (unpaired) electrons. The van der Waals surface area contributed by atoms with Gasteiger partial charge in [-0.3, -0.25) is 4.98 Å². The molecule has 0 unspecified atom stereocenters. The Morgan fingerprint density at radius 1 is 1.12 bits per heavy atom. The Morgan fingerprint density at radius 2 is 1.91 bits per heavy atom. The van der Waals surface area contributed by atoms with Crippen molar-refractivity contribution >= 4 is 21.1 Å². The lowest BCUT2D eigenvalue weighted by molar-refractivity contribution is 0.134. The highest BCUT2D eigenvalue weighted by molar-refractivity contribution is 7.90. The number of aromatic nitrogens is 7. The van der Waals surface area contributed by atoms with Crippen molar-refractivity contribution < 1.29 is 17.2 Å². The van der Waals surface area contributed by atoms with Crippen LogP contribution in [0.25, 0.3) is 22.4 Å². The lowest BCUT2D eigenvalue weighted by Crippen LogP contribution is -2.17. The van der Waals surface area contributed by atoms with E-state index in [1.54, 1.807) is 18.3 Å². The molecule has 172 valence electrons. The minimum absolute atomic E-state index is 0.191. The molecule has 0 amide bonds. The second-order valence-electron chi connectivity index (χ2n) is 8.29. The maximum Gasteiger partial charge on any atom is 0.295 e. The van der Waals surface area contributed by atoms with E-state index < -0.39 is 16.4 Å². The first-order chi connectivity index (χ1) is 15.7. The summed E-state index contributed by atoms with van der Waals surface area (Å²) >= 11 is 0. The van der Waals surface area contributed by atoms with Crippen LogP contribution in [0.5, 0.6) is 0 Å². The fourth-order valence-electron chi connectivity index (χ4n) is 3.75. The van der Waals surface area contributed by atoms with Crippen molar-refractivity contribution in [1.29, 1.82) is 0 Å². The zero-order chi connectivity index (χ0) is 23.3. The molecule has 0 bridgehead atoms. The monoisotopic (exact) mass is 473 g/mol. The fourth-order valence-corrected chi connectivity index (χ4v) is 5.23. The van der Waals surface area contributed by atoms with Gasteiger partial charge in [0.25, 0.3) is 16.4 Å². The summed E-state index contributed by atoms with van der Waals surface area (Å²) in [7, 11) is -3.47. The third-order valence-electron chi connectivity index (χ3n) is 5.47. The zero-order valence-corrected chi connectivity index (χ0v) is 18.7. The molecule has 0 spiro atoms. The molecule has 1 saturated carbocycles. The molecule has 12 heteroatoms. The maximum absolute atomic E-state index is 13.4. The van der Waals surface area contributed by atoms with Crippen LogP contribution in [0.4, 0.5) is 8.78 Å². The minimum Gasteiger partial charge on any atom is -0.321 e. The number of pyridine rings is 1. The SMILES string of the molecule is CC(C)n1c(C(F)F)nc2cnc(Cc3ccnc(-c4cnn(S(=O)(=O)C5CC5)c4)n3)cc21. The first kappa shape index (κ1) is 21.6. The Kier molecular flexibility index (Phi) is 5.19. The summed E-state index contributed by atoms with van der Waals surface area (Å²) in [6.07, 6.45) is 4.87. The summed E-state index contributed by atoms with van der Waals surface area (Å²) in [5.41, 5.74) is 2.78. The molecule has 4 aromatic rings. The summed E-state index contributed by atoms with van der Waals surface area (Å²) < 4.78 is 54.1. The van der Waals surface area contributed by atoms with Gasteiger partial charge in [0.15, 0.2) is 11.6 Å². The lowest BCUT2D eigenvalue weighted by Gasteiger charge is -2.12. The quantitative estimate of drug-likeness (QED) is 0.404. The van der Waals surface area contributed by atoms with Gasteiger partial charge in [0.2, 0.25) is 0 Å². The second kappa shape index (κ2) is 7.94. The molecule has 0 N–H and O–H groups in total. The molecule has 9 nitrogen and oxygen atoms in total. The summed E-state index contributed by atoms with van der Waals surface area (Å²) in [6.45, 7) is 3.65. The van der Waals surface area contributed by atoms with E-state index in [1.165, 1.54) is 23.2 Å². The molecule has 4 heterocycles. The molecule has 0 atom stereocenters. The zero-order valence-electron chi connectivity index (χ0n) is 17.9. The van der Waals surface area contributed by atoms with E-state index in [9.17, 15) is 17.2 Å². The summed E-state index contributed by atoms with van der Waals surface area (Å²) in [6, 6.07) is 3.28. The van der Waals surface area contributed by atoms with Gasteiger partial charge >= 0.3 is 0 Å². The fraction of sp³-hybridized carbons (Fsp3) is 0.381. The van der Waals surface area contributed by atoms with E-state index in [0.717, 1.165) is 4.09 Å². The van der Waals surface area contributed by atoms with Crippen molar-refractivity contribution in [2.24, 2.45) is 0 Å². The van der Waals surface area contributed by atoms with Crippen LogP contribution in [0.1, 0.15) is 56.4 Å². The van der Waals surface area contributed by atoms with Gasteiger partial charge in [0.1, 0.15) is 5.52 Å². The van der Waals surface area contributed by atoms with E-state index in [2.05, 4.69) is 25.0 Å². The highest BCUT2D eigenvalue weighted by Gasteiger charge is 2.37. The number of hydrogen-bond acceptors (Lipinski definition) is 7. The van der Waals surface area contributed by atoms with Crippen LogP contribution in [0.2, 0.25) is 0 Å². The standard InChI is InChI=1S/C21H21F2N7O2S/c1-12(2)30-18-8-15(25-10-17(18)28-21(30)19(22)23)7-14-5-6-24-20(27-14)13-9-26-29(11-13)33(31,32)16-3-4-16/h5-6,8-12,16,19H,3-4,7H2,1-2H3. The van der Waals surface area contributed by atoms with Crippen molar-refractivity contribution in [3.05, 3.63) is 54.1 Å². The molecule has 0 aromatic carbocycles. The molecule has 1 fully saturated rings. The van der Waals surface area contributed by atoms with E-state index in [1.807, 2.05) is 13.8 Å². The number of imidazole rings is 1. The van der Waals surface area contributed by atoms with E-state index in [4.69, 9.17) is 0 Å². The topological polar surface area (TPSA) is 108 Å². The molecule has 1 aliphatic carbocycles. The summed E-state index contributed by atoms with van der Waals surface area (Å²) in [5.74, 6) is 0.0690. The molecular formula is C21H21F2N7O2S. The number of fused-ring (bicyclic) bond motifs is 1. The number of nitrogens with zero attached hydrogens (tertiary/aromatic N) is 7. The smallest absolute Gasteiger partial charge is 0.295 e. The maximum atomic E-state index is 13.4. The molecule has 5 rings (SSSR count). The number of halogens is 2. The predicted molar refractivity (Wildman–Crippen MR) is 116 cm³/mol. The van der Waals surface area contributed by atoms with Gasteiger partial charge in [-0.2, -0.15) is 9.19 Å². The molecule has 0 aliphatic heterocycles. The van der Waals surface area contributed by atoms with Gasteiger partial charge < -0.3 is 4.57 Å². The first-order valence-corrected chi connectivity index (χ1v) is 12.0. The van der Waals surface area contributed by atoms with Crippen LogP contribution in [0.3, 0.4) is 0 Å². The van der Waals surface area contributed by atoms with E-state index in [-0.39, 0.29) is 17.1 Å². The van der Waals surface area contributed by atoms with Crippen LogP contribution in [-0.4, -0.2) is 47.4 Å². The average Bonchev–Trinajstić information content (AvgIpc) is 3.39. The van der Waals surface area contributed by atoms with Crippen molar-refractivity contribution in [2.75, 3.05) is 0 Å². The van der Waals surface area contributed by atoms with E-state index >= 15 is 0 Å². The summed E-state index contributed by atoms with van der Waals surface area (Å²) in [5, 5.41) is 3.61. The number of alkyl halides is 2. The Labute approximate surface area is 188 Å². The number of hydrogen-bond donors (Lipinski definition) is 0. The van der Waals surface area contributed by atoms with Crippen molar-refractivity contribution in [1.82, 2.24) is 33.7 Å². The molecule has 1 aliphatic rings. The predicted octanol–water partition coefficient (Wildman–Crippen LogP) is 3.53. The largest absolute Gasteiger partial charge is 0.321 e. The average molecular weight is 474 g/mol. The lowest BCUT2D eigenvalue weighted by atomic mass is 10.2. The van der Waals surface area contributed by atoms with Gasteiger partial charge in [-0.25, -0.2) is 32.2 Å². The highest BCUT2D eigenvalue weighted by Crippen LogP contribution is 2.30. The Morgan fingerprint density at radius 3 is 2.61 bits per heavy atom. The number of rotatable bonds is 7. The van der Waals surface area contributed by atoms with Crippen molar-refractivity contribution in [3.8, 4) is 11.4 Å². The van der Waals surface area contributed by atoms with Gasteiger partial charge in [0.05, 0.1) is 40.6 Å². The molecular weight excluding hydrogens is 452 g/mol. The first-order valence-electron chi connectivity index (χ1n) is 10.5. The van der Waals surface area contributed by atoms with Crippen LogP contribution in [-0.2, 0) is 16.4 Å². The molecule has 33 heavy (non-hydrogen) atoms. The van der Waals surface area contributed by atoms with Gasteiger partial charge in [-0.05, 0) is 38.8 Å².